The number of carbonyl (C=O) groups excluding carboxylic acids is 1. The van der Waals surface area contributed by atoms with E-state index >= 15 is 0 Å². The van der Waals surface area contributed by atoms with Gasteiger partial charge in [0.05, 0.1) is 12.2 Å². The van der Waals surface area contributed by atoms with Crippen LogP contribution in [0.3, 0.4) is 0 Å². The van der Waals surface area contributed by atoms with E-state index in [1.165, 1.54) is 0 Å². The lowest BCUT2D eigenvalue weighted by molar-refractivity contribution is -0.144. The molecule has 0 aromatic rings. The van der Waals surface area contributed by atoms with Crippen molar-refractivity contribution in [2.24, 2.45) is 5.92 Å². The summed E-state index contributed by atoms with van der Waals surface area (Å²) in [6.45, 7) is 7.71. The Morgan fingerprint density at radius 1 is 1.19 bits per heavy atom. The third kappa shape index (κ3) is 2.74. The van der Waals surface area contributed by atoms with Gasteiger partial charge in [-0.25, -0.2) is 0 Å². The van der Waals surface area contributed by atoms with E-state index in [4.69, 9.17) is 4.74 Å². The second-order valence-electron chi connectivity index (χ2n) is 5.00. The van der Waals surface area contributed by atoms with E-state index in [2.05, 4.69) is 19.2 Å². The molecular formula is C12H22N2O2. The van der Waals surface area contributed by atoms with Crippen molar-refractivity contribution in [2.45, 2.75) is 38.9 Å². The highest BCUT2D eigenvalue weighted by Crippen LogP contribution is 2.26. The Labute approximate surface area is 97.3 Å². The van der Waals surface area contributed by atoms with E-state index in [-0.39, 0.29) is 18.1 Å². The SMILES string of the molecule is CC1CC(C(=O)N2CCNCC2)CC(C)O1. The van der Waals surface area contributed by atoms with Crippen molar-refractivity contribution in [3.63, 3.8) is 0 Å². The van der Waals surface area contributed by atoms with Crippen molar-refractivity contribution >= 4 is 5.91 Å². The van der Waals surface area contributed by atoms with E-state index in [9.17, 15) is 4.79 Å². The van der Waals surface area contributed by atoms with Gasteiger partial charge in [-0.2, -0.15) is 0 Å². The molecule has 0 aromatic heterocycles. The highest BCUT2D eigenvalue weighted by molar-refractivity contribution is 5.79. The number of rotatable bonds is 1. The molecule has 4 heteroatoms. The lowest BCUT2D eigenvalue weighted by Crippen LogP contribution is -2.50. The smallest absolute Gasteiger partial charge is 0.225 e. The van der Waals surface area contributed by atoms with Gasteiger partial charge >= 0.3 is 0 Å². The van der Waals surface area contributed by atoms with Gasteiger partial charge < -0.3 is 15.0 Å². The van der Waals surface area contributed by atoms with Crippen molar-refractivity contribution in [1.29, 1.82) is 0 Å². The zero-order valence-electron chi connectivity index (χ0n) is 10.2. The average Bonchev–Trinajstić information content (AvgIpc) is 2.28. The summed E-state index contributed by atoms with van der Waals surface area (Å²) in [5.74, 6) is 0.514. The Balaban J connectivity index is 1.92. The second-order valence-corrected chi connectivity index (χ2v) is 5.00. The summed E-state index contributed by atoms with van der Waals surface area (Å²) < 4.78 is 5.67. The zero-order valence-corrected chi connectivity index (χ0v) is 10.2. The maximum Gasteiger partial charge on any atom is 0.225 e. The van der Waals surface area contributed by atoms with E-state index < -0.39 is 0 Å². The van der Waals surface area contributed by atoms with Crippen molar-refractivity contribution in [3.8, 4) is 0 Å². The second kappa shape index (κ2) is 5.15. The first-order valence-electron chi connectivity index (χ1n) is 6.32. The summed E-state index contributed by atoms with van der Waals surface area (Å²) in [4.78, 5) is 14.3. The largest absolute Gasteiger partial charge is 0.376 e. The van der Waals surface area contributed by atoms with Crippen LogP contribution in [0.15, 0.2) is 0 Å². The van der Waals surface area contributed by atoms with Gasteiger partial charge in [0.25, 0.3) is 0 Å². The molecule has 0 spiro atoms. The van der Waals surface area contributed by atoms with E-state index in [0.29, 0.717) is 5.91 Å². The van der Waals surface area contributed by atoms with Crippen LogP contribution in [-0.2, 0) is 9.53 Å². The molecule has 2 unspecified atom stereocenters. The van der Waals surface area contributed by atoms with Crippen LogP contribution in [0.25, 0.3) is 0 Å². The van der Waals surface area contributed by atoms with Gasteiger partial charge in [0.2, 0.25) is 5.91 Å². The lowest BCUT2D eigenvalue weighted by Gasteiger charge is -2.36. The number of hydrogen-bond acceptors (Lipinski definition) is 3. The maximum absolute atomic E-state index is 12.3. The first-order chi connectivity index (χ1) is 7.66. The molecule has 2 aliphatic rings. The molecule has 0 aliphatic carbocycles. The third-order valence-electron chi connectivity index (χ3n) is 3.48. The highest BCUT2D eigenvalue weighted by atomic mass is 16.5. The minimum absolute atomic E-state index is 0.178. The van der Waals surface area contributed by atoms with Crippen LogP contribution in [-0.4, -0.2) is 49.2 Å². The van der Waals surface area contributed by atoms with Crippen molar-refractivity contribution in [2.75, 3.05) is 26.2 Å². The van der Waals surface area contributed by atoms with Crippen LogP contribution in [0.1, 0.15) is 26.7 Å². The molecular weight excluding hydrogens is 204 g/mol. The van der Waals surface area contributed by atoms with E-state index in [0.717, 1.165) is 39.0 Å². The van der Waals surface area contributed by atoms with Gasteiger partial charge in [-0.1, -0.05) is 0 Å². The van der Waals surface area contributed by atoms with Gasteiger partial charge in [0, 0.05) is 32.1 Å². The average molecular weight is 226 g/mol. The first kappa shape index (κ1) is 11.9. The minimum Gasteiger partial charge on any atom is -0.376 e. The molecule has 2 rings (SSSR count). The van der Waals surface area contributed by atoms with Crippen molar-refractivity contribution in [1.82, 2.24) is 10.2 Å². The summed E-state index contributed by atoms with van der Waals surface area (Å²) in [6.07, 6.45) is 2.21. The Morgan fingerprint density at radius 2 is 1.75 bits per heavy atom. The van der Waals surface area contributed by atoms with Crippen LogP contribution in [0.5, 0.6) is 0 Å². The quantitative estimate of drug-likeness (QED) is 0.713. The summed E-state index contributed by atoms with van der Waals surface area (Å²) in [5, 5.41) is 3.27. The normalized spacial score (nSPS) is 36.1. The number of hydrogen-bond donors (Lipinski definition) is 1. The van der Waals surface area contributed by atoms with E-state index in [1.807, 2.05) is 4.90 Å². The summed E-state index contributed by atoms with van der Waals surface area (Å²) in [6, 6.07) is 0. The van der Waals surface area contributed by atoms with Crippen LogP contribution >= 0.6 is 0 Å². The maximum atomic E-state index is 12.3. The minimum atomic E-state index is 0.178. The third-order valence-corrected chi connectivity index (χ3v) is 3.48. The Hall–Kier alpha value is -0.610. The summed E-state index contributed by atoms with van der Waals surface area (Å²) in [7, 11) is 0. The predicted octanol–water partition coefficient (Wildman–Crippen LogP) is 0.622. The molecule has 16 heavy (non-hydrogen) atoms. The Morgan fingerprint density at radius 3 is 2.31 bits per heavy atom. The molecule has 92 valence electrons. The Kier molecular flexibility index (Phi) is 3.82. The fourth-order valence-corrected chi connectivity index (χ4v) is 2.75. The van der Waals surface area contributed by atoms with Crippen LogP contribution in [0.4, 0.5) is 0 Å². The summed E-state index contributed by atoms with van der Waals surface area (Å²) in [5.41, 5.74) is 0. The first-order valence-corrected chi connectivity index (χ1v) is 6.32. The molecule has 2 aliphatic heterocycles. The zero-order chi connectivity index (χ0) is 11.5. The molecule has 0 saturated carbocycles. The van der Waals surface area contributed by atoms with Gasteiger partial charge in [0.15, 0.2) is 0 Å². The van der Waals surface area contributed by atoms with Crippen LogP contribution in [0, 0.1) is 5.92 Å². The fraction of sp³-hybridized carbons (Fsp3) is 0.917. The molecule has 2 heterocycles. The topological polar surface area (TPSA) is 41.6 Å². The monoisotopic (exact) mass is 226 g/mol. The number of nitrogens with zero attached hydrogens (tertiary/aromatic N) is 1. The standard InChI is InChI=1S/C12H22N2O2/c1-9-7-11(8-10(2)16-9)12(15)14-5-3-13-4-6-14/h9-11,13H,3-8H2,1-2H3. The molecule has 2 fully saturated rings. The van der Waals surface area contributed by atoms with Crippen LogP contribution in [0.2, 0.25) is 0 Å². The predicted molar refractivity (Wildman–Crippen MR) is 62.2 cm³/mol. The lowest BCUT2D eigenvalue weighted by atomic mass is 9.91. The molecule has 0 radical (unpaired) electrons. The van der Waals surface area contributed by atoms with Crippen molar-refractivity contribution in [3.05, 3.63) is 0 Å². The molecule has 2 saturated heterocycles. The fourth-order valence-electron chi connectivity index (χ4n) is 2.75. The number of amides is 1. The molecule has 0 bridgehead atoms. The molecule has 4 nitrogen and oxygen atoms in total. The van der Waals surface area contributed by atoms with Gasteiger partial charge in [-0.3, -0.25) is 4.79 Å². The van der Waals surface area contributed by atoms with E-state index in [1.54, 1.807) is 0 Å². The molecule has 1 N–H and O–H groups in total. The number of piperazine rings is 1. The number of ether oxygens (including phenoxy) is 1. The Bertz CT molecular complexity index is 241. The number of carbonyl (C=O) groups is 1. The molecule has 2 atom stereocenters. The van der Waals surface area contributed by atoms with Gasteiger partial charge in [-0.05, 0) is 26.7 Å². The van der Waals surface area contributed by atoms with Gasteiger partial charge in [-0.15, -0.1) is 0 Å². The number of nitrogens with one attached hydrogen (secondary N) is 1. The van der Waals surface area contributed by atoms with Crippen molar-refractivity contribution < 1.29 is 9.53 Å². The summed E-state index contributed by atoms with van der Waals surface area (Å²) >= 11 is 0. The van der Waals surface area contributed by atoms with Gasteiger partial charge in [0.1, 0.15) is 0 Å². The molecule has 0 aromatic carbocycles. The highest BCUT2D eigenvalue weighted by Gasteiger charge is 2.32. The van der Waals surface area contributed by atoms with Crippen LogP contribution < -0.4 is 5.32 Å². The molecule has 1 amide bonds.